The molecular formula is C19H20N4O3. The van der Waals surface area contributed by atoms with Gasteiger partial charge in [0.1, 0.15) is 11.4 Å². The number of pyridine rings is 1. The molecule has 0 fully saturated rings. The van der Waals surface area contributed by atoms with E-state index in [4.69, 9.17) is 5.73 Å². The Kier molecular flexibility index (Phi) is 4.46. The molecular weight excluding hydrogens is 332 g/mol. The van der Waals surface area contributed by atoms with Gasteiger partial charge in [-0.1, -0.05) is 24.3 Å². The third-order valence-electron chi connectivity index (χ3n) is 4.52. The van der Waals surface area contributed by atoms with Gasteiger partial charge in [0.25, 0.3) is 0 Å². The fourth-order valence-electron chi connectivity index (χ4n) is 2.92. The predicted octanol–water partition coefficient (Wildman–Crippen LogP) is 1.60. The molecule has 26 heavy (non-hydrogen) atoms. The zero-order valence-corrected chi connectivity index (χ0v) is 14.6. The Hall–Kier alpha value is -3.22. The van der Waals surface area contributed by atoms with E-state index in [1.54, 1.807) is 7.05 Å². The van der Waals surface area contributed by atoms with Crippen LogP contribution in [0.4, 0.5) is 0 Å². The molecule has 0 spiro atoms. The number of Topliss-reactive ketones (excluding diaryl/α,β-unsaturated/α-hetero) is 1. The molecule has 1 unspecified atom stereocenters. The van der Waals surface area contributed by atoms with E-state index < -0.39 is 5.54 Å². The van der Waals surface area contributed by atoms with E-state index in [2.05, 4.69) is 9.98 Å². The molecule has 134 valence electrons. The minimum atomic E-state index is -0.760. The van der Waals surface area contributed by atoms with Crippen LogP contribution in [0, 0.1) is 0 Å². The summed E-state index contributed by atoms with van der Waals surface area (Å²) in [6, 6.07) is 10.3. The molecule has 7 nitrogen and oxygen atoms in total. The monoisotopic (exact) mass is 352 g/mol. The fraction of sp³-hybridized carbons (Fsp3) is 0.263. The molecule has 3 N–H and O–H groups in total. The van der Waals surface area contributed by atoms with Gasteiger partial charge in [0.05, 0.1) is 18.2 Å². The largest absolute Gasteiger partial charge is 0.506 e. The first-order valence-corrected chi connectivity index (χ1v) is 8.18. The first-order chi connectivity index (χ1) is 12.3. The molecule has 3 rings (SSSR count). The van der Waals surface area contributed by atoms with Crippen LogP contribution in [-0.2, 0) is 16.8 Å². The van der Waals surface area contributed by atoms with Gasteiger partial charge in [-0.3, -0.25) is 14.5 Å². The predicted molar refractivity (Wildman–Crippen MR) is 96.7 cm³/mol. The van der Waals surface area contributed by atoms with Crippen molar-refractivity contribution in [3.63, 3.8) is 0 Å². The Morgan fingerprint density at radius 3 is 2.77 bits per heavy atom. The number of benzene rings is 1. The maximum Gasteiger partial charge on any atom is 0.231 e. The summed E-state index contributed by atoms with van der Waals surface area (Å²) in [6.45, 7) is 1.85. The number of hydrogen-bond acceptors (Lipinski definition) is 6. The highest BCUT2D eigenvalue weighted by atomic mass is 16.3. The van der Waals surface area contributed by atoms with E-state index >= 15 is 0 Å². The van der Waals surface area contributed by atoms with Crippen molar-refractivity contribution in [3.8, 4) is 5.75 Å². The number of aromatic hydroxyl groups is 1. The number of hydrogen-bond donors (Lipinski definition) is 2. The maximum absolute atomic E-state index is 12.4. The van der Waals surface area contributed by atoms with Gasteiger partial charge < -0.3 is 10.8 Å². The van der Waals surface area contributed by atoms with Gasteiger partial charge in [0.2, 0.25) is 5.91 Å². The van der Waals surface area contributed by atoms with Gasteiger partial charge in [-0.25, -0.2) is 9.98 Å². The SMILES string of the molecule is CN1C(=O)CC(C)(c2cccc(CC(=O)c3ccc(O)cn3)c2)N=C1N. The molecule has 0 bridgehead atoms. The van der Waals surface area contributed by atoms with Crippen molar-refractivity contribution < 1.29 is 14.7 Å². The summed E-state index contributed by atoms with van der Waals surface area (Å²) in [6.07, 6.45) is 1.61. The number of aromatic nitrogens is 1. The molecule has 0 saturated heterocycles. The second-order valence-electron chi connectivity index (χ2n) is 6.58. The van der Waals surface area contributed by atoms with Crippen molar-refractivity contribution in [2.75, 3.05) is 7.05 Å². The first-order valence-electron chi connectivity index (χ1n) is 8.18. The number of nitrogens with zero attached hydrogens (tertiary/aromatic N) is 3. The third kappa shape index (κ3) is 3.42. The van der Waals surface area contributed by atoms with Crippen molar-refractivity contribution in [3.05, 3.63) is 59.4 Å². The second kappa shape index (κ2) is 6.59. The van der Waals surface area contributed by atoms with E-state index in [0.717, 1.165) is 11.1 Å². The Bertz CT molecular complexity index is 892. The van der Waals surface area contributed by atoms with E-state index in [1.165, 1.54) is 23.2 Å². The Morgan fingerprint density at radius 2 is 2.12 bits per heavy atom. The van der Waals surface area contributed by atoms with Crippen LogP contribution < -0.4 is 5.73 Å². The fourth-order valence-corrected chi connectivity index (χ4v) is 2.92. The average molecular weight is 352 g/mol. The molecule has 1 aliphatic rings. The van der Waals surface area contributed by atoms with Gasteiger partial charge in [-0.2, -0.15) is 0 Å². The number of aliphatic imine (C=N–C) groups is 1. The van der Waals surface area contributed by atoms with Crippen LogP contribution in [0.15, 0.2) is 47.6 Å². The van der Waals surface area contributed by atoms with Crippen molar-refractivity contribution in [1.29, 1.82) is 0 Å². The van der Waals surface area contributed by atoms with Crippen LogP contribution in [0.3, 0.4) is 0 Å². The first kappa shape index (κ1) is 17.6. The molecule has 2 aromatic rings. The quantitative estimate of drug-likeness (QED) is 0.813. The van der Waals surface area contributed by atoms with Gasteiger partial charge in [0.15, 0.2) is 11.7 Å². The lowest BCUT2D eigenvalue weighted by atomic mass is 9.86. The van der Waals surface area contributed by atoms with E-state index in [-0.39, 0.29) is 41.9 Å². The molecule has 1 amide bonds. The Labute approximate surface area is 151 Å². The van der Waals surface area contributed by atoms with E-state index in [0.29, 0.717) is 0 Å². The lowest BCUT2D eigenvalue weighted by molar-refractivity contribution is -0.128. The number of nitrogens with two attached hydrogens (primary N) is 1. The highest BCUT2D eigenvalue weighted by Gasteiger charge is 2.36. The second-order valence-corrected chi connectivity index (χ2v) is 6.58. The molecule has 0 aliphatic carbocycles. The highest BCUT2D eigenvalue weighted by Crippen LogP contribution is 2.33. The van der Waals surface area contributed by atoms with Gasteiger partial charge in [-0.15, -0.1) is 0 Å². The third-order valence-corrected chi connectivity index (χ3v) is 4.52. The van der Waals surface area contributed by atoms with Gasteiger partial charge in [0, 0.05) is 13.5 Å². The topological polar surface area (TPSA) is 109 Å². The summed E-state index contributed by atoms with van der Waals surface area (Å²) in [5.74, 6) is -0.0677. The summed E-state index contributed by atoms with van der Waals surface area (Å²) in [5, 5.41) is 9.27. The van der Waals surface area contributed by atoms with Crippen LogP contribution in [0.1, 0.15) is 35.0 Å². The van der Waals surface area contributed by atoms with E-state index in [9.17, 15) is 14.7 Å². The highest BCUT2D eigenvalue weighted by molar-refractivity contribution is 5.99. The number of carbonyl (C=O) groups excluding carboxylic acids is 2. The molecule has 1 aromatic heterocycles. The molecule has 1 aromatic carbocycles. The average Bonchev–Trinajstić information content (AvgIpc) is 2.60. The zero-order chi connectivity index (χ0) is 18.9. The van der Waals surface area contributed by atoms with Crippen molar-refractivity contribution in [1.82, 2.24) is 9.88 Å². The molecule has 1 aliphatic heterocycles. The van der Waals surface area contributed by atoms with Crippen molar-refractivity contribution >= 4 is 17.6 Å². The number of guanidine groups is 1. The summed E-state index contributed by atoms with van der Waals surface area (Å²) >= 11 is 0. The minimum Gasteiger partial charge on any atom is -0.506 e. The van der Waals surface area contributed by atoms with Crippen LogP contribution in [0.25, 0.3) is 0 Å². The Morgan fingerprint density at radius 1 is 1.35 bits per heavy atom. The normalized spacial score (nSPS) is 20.0. The number of carbonyl (C=O) groups is 2. The number of rotatable bonds is 4. The number of amides is 1. The summed E-state index contributed by atoms with van der Waals surface area (Å²) in [5.41, 5.74) is 7.01. The van der Waals surface area contributed by atoms with E-state index in [1.807, 2.05) is 31.2 Å². The molecule has 0 radical (unpaired) electrons. The smallest absolute Gasteiger partial charge is 0.231 e. The minimum absolute atomic E-state index is 0.0128. The van der Waals surface area contributed by atoms with Gasteiger partial charge >= 0.3 is 0 Å². The molecule has 1 atom stereocenters. The van der Waals surface area contributed by atoms with Gasteiger partial charge in [-0.05, 0) is 30.2 Å². The summed E-state index contributed by atoms with van der Waals surface area (Å²) in [4.78, 5) is 34.3. The van der Waals surface area contributed by atoms with Crippen LogP contribution in [0.2, 0.25) is 0 Å². The summed E-state index contributed by atoms with van der Waals surface area (Å²) < 4.78 is 0. The van der Waals surface area contributed by atoms with Crippen molar-refractivity contribution in [2.45, 2.75) is 25.3 Å². The zero-order valence-electron chi connectivity index (χ0n) is 14.6. The molecule has 2 heterocycles. The van der Waals surface area contributed by atoms with Crippen molar-refractivity contribution in [2.24, 2.45) is 10.7 Å². The maximum atomic E-state index is 12.4. The standard InChI is InChI=1S/C19H20N4O3/c1-19(10-17(26)23(2)18(20)22-19)13-5-3-4-12(8-13)9-16(25)15-7-6-14(24)11-21-15/h3-8,11,24H,9-10H2,1-2H3,(H2,20,22). The Balaban J connectivity index is 1.85. The summed E-state index contributed by atoms with van der Waals surface area (Å²) in [7, 11) is 1.60. The molecule has 0 saturated carbocycles. The van der Waals surface area contributed by atoms with Crippen LogP contribution in [-0.4, -0.2) is 39.7 Å². The molecule has 7 heteroatoms. The van der Waals surface area contributed by atoms with Crippen LogP contribution in [0.5, 0.6) is 5.75 Å². The lowest BCUT2D eigenvalue weighted by Gasteiger charge is -2.33. The lowest BCUT2D eigenvalue weighted by Crippen LogP contribution is -2.47. The number of ketones is 1. The van der Waals surface area contributed by atoms with Crippen LogP contribution >= 0.6 is 0 Å².